The van der Waals surface area contributed by atoms with E-state index < -0.39 is 5.41 Å². The van der Waals surface area contributed by atoms with Crippen LogP contribution in [0.4, 0.5) is 0 Å². The highest BCUT2D eigenvalue weighted by atomic mass is 16.5. The smallest absolute Gasteiger partial charge is 0.320 e. The third-order valence-corrected chi connectivity index (χ3v) is 5.16. The monoisotopic (exact) mass is 370 g/mol. The van der Waals surface area contributed by atoms with Gasteiger partial charge in [0.25, 0.3) is 0 Å². The van der Waals surface area contributed by atoms with Crippen molar-refractivity contribution < 1.29 is 19.7 Å². The molecule has 4 heteroatoms. The Hall–Kier alpha value is -2.49. The second-order valence-electron chi connectivity index (χ2n) is 7.01. The molecule has 0 amide bonds. The van der Waals surface area contributed by atoms with Crippen LogP contribution in [0.5, 0.6) is 11.5 Å². The zero-order valence-electron chi connectivity index (χ0n) is 16.3. The number of ether oxygens (including phenoxy) is 1. The number of methoxy groups -OCH3 is 1. The highest BCUT2D eigenvalue weighted by molar-refractivity contribution is 5.87. The number of rotatable bonds is 10. The van der Waals surface area contributed by atoms with Crippen LogP contribution in [0.15, 0.2) is 48.5 Å². The summed E-state index contributed by atoms with van der Waals surface area (Å²) >= 11 is 0. The topological polar surface area (TPSA) is 66.8 Å². The fraction of sp³-hybridized carbons (Fsp3) is 0.435. The van der Waals surface area contributed by atoms with Gasteiger partial charge in [0, 0.05) is 0 Å². The lowest BCUT2D eigenvalue weighted by Gasteiger charge is -2.32. The maximum Gasteiger partial charge on any atom is 0.320 e. The first kappa shape index (κ1) is 20.8. The largest absolute Gasteiger partial charge is 0.508 e. The molecular formula is C23H30O4. The number of hydrogen-bond donors (Lipinski definition) is 2. The molecule has 0 heterocycles. The molecule has 0 aromatic heterocycles. The normalized spacial score (nSPS) is 11.3. The van der Waals surface area contributed by atoms with E-state index in [1.54, 1.807) is 48.5 Å². The standard InChI is InChI=1S/C23H30O4/c1-3-4-5-6-7-8-17-23(22(26)27-2,18-9-13-20(24)14-10-18)19-11-15-21(25)16-12-19/h9-16,24-25H,3-8,17H2,1-2H3. The second kappa shape index (κ2) is 10.0. The quantitative estimate of drug-likeness (QED) is 0.439. The Morgan fingerprint density at radius 3 is 1.70 bits per heavy atom. The first-order valence-electron chi connectivity index (χ1n) is 9.72. The van der Waals surface area contributed by atoms with Crippen LogP contribution in [0.2, 0.25) is 0 Å². The number of esters is 1. The highest BCUT2D eigenvalue weighted by Gasteiger charge is 2.42. The van der Waals surface area contributed by atoms with E-state index >= 15 is 0 Å². The summed E-state index contributed by atoms with van der Waals surface area (Å²) in [6, 6.07) is 13.5. The van der Waals surface area contributed by atoms with E-state index in [1.807, 2.05) is 0 Å². The Labute approximate surface area is 161 Å². The summed E-state index contributed by atoms with van der Waals surface area (Å²) in [6.07, 6.45) is 7.35. The molecule has 0 atom stereocenters. The van der Waals surface area contributed by atoms with Crippen LogP contribution in [-0.4, -0.2) is 23.3 Å². The summed E-state index contributed by atoms with van der Waals surface area (Å²) in [5.41, 5.74) is 0.610. The van der Waals surface area contributed by atoms with E-state index in [0.717, 1.165) is 30.4 Å². The molecule has 146 valence electrons. The Morgan fingerprint density at radius 2 is 1.26 bits per heavy atom. The van der Waals surface area contributed by atoms with Gasteiger partial charge in [-0.05, 0) is 41.8 Å². The molecule has 2 rings (SSSR count). The van der Waals surface area contributed by atoms with Gasteiger partial charge >= 0.3 is 5.97 Å². The number of phenolic OH excluding ortho intramolecular Hbond substituents is 2. The van der Waals surface area contributed by atoms with Gasteiger partial charge in [0.1, 0.15) is 16.9 Å². The van der Waals surface area contributed by atoms with Crippen molar-refractivity contribution >= 4 is 5.97 Å². The molecule has 0 aliphatic rings. The molecule has 4 nitrogen and oxygen atoms in total. The van der Waals surface area contributed by atoms with Gasteiger partial charge in [-0.2, -0.15) is 0 Å². The molecule has 0 fully saturated rings. The van der Waals surface area contributed by atoms with Crippen LogP contribution in [-0.2, 0) is 14.9 Å². The molecule has 27 heavy (non-hydrogen) atoms. The van der Waals surface area contributed by atoms with Crippen molar-refractivity contribution in [3.8, 4) is 11.5 Å². The Bertz CT molecular complexity index is 659. The summed E-state index contributed by atoms with van der Waals surface area (Å²) in [6.45, 7) is 2.19. The maximum atomic E-state index is 13.0. The van der Waals surface area contributed by atoms with Crippen molar-refractivity contribution in [2.45, 2.75) is 57.3 Å². The number of aromatic hydroxyl groups is 2. The molecule has 2 aromatic carbocycles. The molecule has 0 aliphatic carbocycles. The Morgan fingerprint density at radius 1 is 0.815 bits per heavy atom. The minimum absolute atomic E-state index is 0.155. The SMILES string of the molecule is CCCCCCCCC(C(=O)OC)(c1ccc(O)cc1)c1ccc(O)cc1. The van der Waals surface area contributed by atoms with Crippen LogP contribution in [0.1, 0.15) is 63.0 Å². The van der Waals surface area contributed by atoms with E-state index in [1.165, 1.54) is 26.4 Å². The third kappa shape index (κ3) is 5.03. The summed E-state index contributed by atoms with van der Waals surface area (Å²) < 4.78 is 5.22. The lowest BCUT2D eigenvalue weighted by Crippen LogP contribution is -2.38. The van der Waals surface area contributed by atoms with E-state index in [-0.39, 0.29) is 17.5 Å². The number of phenols is 2. The van der Waals surface area contributed by atoms with Crippen LogP contribution < -0.4 is 0 Å². The number of unbranched alkanes of at least 4 members (excludes halogenated alkanes) is 5. The Kier molecular flexibility index (Phi) is 7.71. The average Bonchev–Trinajstić information content (AvgIpc) is 2.69. The van der Waals surface area contributed by atoms with E-state index in [2.05, 4.69) is 6.92 Å². The maximum absolute atomic E-state index is 13.0. The molecule has 2 N–H and O–H groups in total. The molecule has 0 aliphatic heterocycles. The zero-order chi connectivity index (χ0) is 19.7. The molecule has 0 saturated carbocycles. The average molecular weight is 370 g/mol. The lowest BCUT2D eigenvalue weighted by molar-refractivity contribution is -0.146. The third-order valence-electron chi connectivity index (χ3n) is 5.16. The van der Waals surface area contributed by atoms with E-state index in [0.29, 0.717) is 6.42 Å². The van der Waals surface area contributed by atoms with Gasteiger partial charge in [-0.1, -0.05) is 69.7 Å². The van der Waals surface area contributed by atoms with Crippen molar-refractivity contribution in [3.05, 3.63) is 59.7 Å². The zero-order valence-corrected chi connectivity index (χ0v) is 16.3. The van der Waals surface area contributed by atoms with Crippen LogP contribution in [0.3, 0.4) is 0 Å². The van der Waals surface area contributed by atoms with Gasteiger partial charge < -0.3 is 14.9 Å². The predicted molar refractivity (Wildman–Crippen MR) is 107 cm³/mol. The Balaban J connectivity index is 2.38. The van der Waals surface area contributed by atoms with Crippen molar-refractivity contribution in [1.29, 1.82) is 0 Å². The summed E-state index contributed by atoms with van der Waals surface area (Å²) in [5.74, 6) is -0.0157. The van der Waals surface area contributed by atoms with Gasteiger partial charge in [-0.25, -0.2) is 0 Å². The van der Waals surface area contributed by atoms with Gasteiger partial charge in [0.2, 0.25) is 0 Å². The van der Waals surface area contributed by atoms with Crippen molar-refractivity contribution in [2.75, 3.05) is 7.11 Å². The molecular weight excluding hydrogens is 340 g/mol. The molecule has 0 spiro atoms. The lowest BCUT2D eigenvalue weighted by atomic mass is 9.71. The number of benzene rings is 2. The second-order valence-corrected chi connectivity index (χ2v) is 7.01. The van der Waals surface area contributed by atoms with E-state index in [4.69, 9.17) is 4.74 Å². The van der Waals surface area contributed by atoms with E-state index in [9.17, 15) is 15.0 Å². The van der Waals surface area contributed by atoms with Crippen molar-refractivity contribution in [3.63, 3.8) is 0 Å². The molecule has 0 radical (unpaired) electrons. The van der Waals surface area contributed by atoms with Gasteiger partial charge in [0.05, 0.1) is 7.11 Å². The fourth-order valence-electron chi connectivity index (χ4n) is 3.63. The minimum atomic E-state index is -0.957. The summed E-state index contributed by atoms with van der Waals surface area (Å²) in [5, 5.41) is 19.3. The fourth-order valence-corrected chi connectivity index (χ4v) is 3.63. The first-order chi connectivity index (χ1) is 13.0. The molecule has 0 bridgehead atoms. The molecule has 0 unspecified atom stereocenters. The summed E-state index contributed by atoms with van der Waals surface area (Å²) in [7, 11) is 1.40. The molecule has 0 saturated heterocycles. The van der Waals surface area contributed by atoms with Crippen molar-refractivity contribution in [2.24, 2.45) is 0 Å². The highest BCUT2D eigenvalue weighted by Crippen LogP contribution is 2.40. The predicted octanol–water partition coefficient (Wildman–Crippen LogP) is 5.31. The van der Waals surface area contributed by atoms with Gasteiger partial charge in [0.15, 0.2) is 0 Å². The van der Waals surface area contributed by atoms with Crippen LogP contribution >= 0.6 is 0 Å². The van der Waals surface area contributed by atoms with Gasteiger partial charge in [-0.3, -0.25) is 4.79 Å². The number of carbonyl (C=O) groups is 1. The van der Waals surface area contributed by atoms with Gasteiger partial charge in [-0.15, -0.1) is 0 Å². The molecule has 2 aromatic rings. The van der Waals surface area contributed by atoms with Crippen molar-refractivity contribution in [1.82, 2.24) is 0 Å². The number of hydrogen-bond acceptors (Lipinski definition) is 4. The number of carbonyl (C=O) groups excluding carboxylic acids is 1. The minimum Gasteiger partial charge on any atom is -0.508 e. The summed E-state index contributed by atoms with van der Waals surface area (Å²) in [4.78, 5) is 13.0. The van der Waals surface area contributed by atoms with Crippen LogP contribution in [0, 0.1) is 0 Å². The van der Waals surface area contributed by atoms with Crippen LogP contribution in [0.25, 0.3) is 0 Å². The first-order valence-corrected chi connectivity index (χ1v) is 9.72.